The normalized spacial score (nSPS) is 23.4. The second-order valence-corrected chi connectivity index (χ2v) is 6.37. The first-order valence-electron chi connectivity index (χ1n) is 8.27. The van der Waals surface area contributed by atoms with Gasteiger partial charge in [0.15, 0.2) is 0 Å². The molecule has 1 aliphatic carbocycles. The molecule has 0 saturated heterocycles. The van der Waals surface area contributed by atoms with E-state index in [1.807, 2.05) is 20.8 Å². The van der Waals surface area contributed by atoms with Crippen molar-refractivity contribution in [2.75, 3.05) is 13.2 Å². The van der Waals surface area contributed by atoms with E-state index in [9.17, 15) is 0 Å². The molecule has 2 atom stereocenters. The molecule has 21 heavy (non-hydrogen) atoms. The van der Waals surface area contributed by atoms with E-state index in [1.54, 1.807) is 0 Å². The van der Waals surface area contributed by atoms with E-state index >= 15 is 0 Å². The monoisotopic (exact) mass is 295 g/mol. The molecule has 2 rings (SSSR count). The fourth-order valence-electron chi connectivity index (χ4n) is 3.21. The number of nitrogens with one attached hydrogen (secondary N) is 1. The van der Waals surface area contributed by atoms with Crippen molar-refractivity contribution in [3.05, 3.63) is 11.7 Å². The first kappa shape index (κ1) is 16.4. The van der Waals surface area contributed by atoms with Gasteiger partial charge in [-0.3, -0.25) is 0 Å². The maximum absolute atomic E-state index is 5.68. The van der Waals surface area contributed by atoms with Crippen molar-refractivity contribution in [1.82, 2.24) is 15.5 Å². The van der Waals surface area contributed by atoms with Crippen LogP contribution in [0.1, 0.15) is 65.1 Å². The molecule has 0 aliphatic heterocycles. The van der Waals surface area contributed by atoms with Crippen LogP contribution in [0.25, 0.3) is 0 Å². The van der Waals surface area contributed by atoms with Crippen molar-refractivity contribution >= 4 is 0 Å². The van der Waals surface area contributed by atoms with Gasteiger partial charge in [-0.05, 0) is 46.1 Å². The van der Waals surface area contributed by atoms with E-state index < -0.39 is 5.60 Å². The molecule has 1 heterocycles. The largest absolute Gasteiger partial charge is 0.368 e. The van der Waals surface area contributed by atoms with Crippen LogP contribution >= 0.6 is 0 Å². The first-order valence-corrected chi connectivity index (χ1v) is 8.27. The van der Waals surface area contributed by atoms with Crippen molar-refractivity contribution in [2.24, 2.45) is 5.92 Å². The molecule has 1 aliphatic rings. The van der Waals surface area contributed by atoms with E-state index in [0.717, 1.165) is 18.9 Å². The Bertz CT molecular complexity index is 429. The summed E-state index contributed by atoms with van der Waals surface area (Å²) in [5.41, 5.74) is -0.482. The van der Waals surface area contributed by atoms with Gasteiger partial charge in [-0.1, -0.05) is 24.9 Å². The van der Waals surface area contributed by atoms with Crippen molar-refractivity contribution in [3.63, 3.8) is 0 Å². The zero-order valence-corrected chi connectivity index (χ0v) is 13.8. The molecule has 1 saturated carbocycles. The molecule has 1 aromatic heterocycles. The molecule has 0 radical (unpaired) electrons. The molecule has 120 valence electrons. The van der Waals surface area contributed by atoms with Crippen LogP contribution in [0.3, 0.4) is 0 Å². The summed E-state index contributed by atoms with van der Waals surface area (Å²) in [7, 11) is 0. The standard InChI is InChI=1S/C16H29N3O2/c1-5-17-13-10-8-7-9-12(13)11-14-18-15(19-21-14)16(3,4)20-6-2/h12-13,17H,5-11H2,1-4H3. The summed E-state index contributed by atoms with van der Waals surface area (Å²) < 4.78 is 11.1. The van der Waals surface area contributed by atoms with Gasteiger partial charge in [0.05, 0.1) is 0 Å². The number of hydrogen-bond donors (Lipinski definition) is 1. The van der Waals surface area contributed by atoms with Crippen LogP contribution in [0.5, 0.6) is 0 Å². The van der Waals surface area contributed by atoms with Gasteiger partial charge >= 0.3 is 0 Å². The third-order valence-electron chi connectivity index (χ3n) is 4.32. The van der Waals surface area contributed by atoms with Crippen molar-refractivity contribution in [1.29, 1.82) is 0 Å². The van der Waals surface area contributed by atoms with E-state index in [1.165, 1.54) is 25.7 Å². The van der Waals surface area contributed by atoms with E-state index in [0.29, 0.717) is 24.4 Å². The van der Waals surface area contributed by atoms with Crippen LogP contribution in [0.4, 0.5) is 0 Å². The second kappa shape index (κ2) is 7.36. The first-order chi connectivity index (χ1) is 10.1. The highest BCUT2D eigenvalue weighted by atomic mass is 16.5. The minimum Gasteiger partial charge on any atom is -0.368 e. The average molecular weight is 295 g/mol. The number of nitrogens with zero attached hydrogens (tertiary/aromatic N) is 2. The molecule has 0 amide bonds. The molecule has 0 aromatic carbocycles. The van der Waals surface area contributed by atoms with Crippen molar-refractivity contribution in [2.45, 2.75) is 71.4 Å². The zero-order chi connectivity index (χ0) is 15.3. The Hall–Kier alpha value is -0.940. The van der Waals surface area contributed by atoms with E-state index in [4.69, 9.17) is 9.26 Å². The Kier molecular flexibility index (Phi) is 5.76. The quantitative estimate of drug-likeness (QED) is 0.837. The highest BCUT2D eigenvalue weighted by molar-refractivity contribution is 4.99. The zero-order valence-electron chi connectivity index (χ0n) is 13.8. The van der Waals surface area contributed by atoms with Gasteiger partial charge < -0.3 is 14.6 Å². The predicted molar refractivity (Wildman–Crippen MR) is 82.1 cm³/mol. The molecule has 1 fully saturated rings. The summed E-state index contributed by atoms with van der Waals surface area (Å²) in [4.78, 5) is 4.56. The average Bonchev–Trinajstić information content (AvgIpc) is 2.91. The highest BCUT2D eigenvalue weighted by Crippen LogP contribution is 2.28. The van der Waals surface area contributed by atoms with Crippen LogP contribution < -0.4 is 5.32 Å². The summed E-state index contributed by atoms with van der Waals surface area (Å²) in [5, 5.41) is 7.71. The van der Waals surface area contributed by atoms with Crippen LogP contribution in [0.15, 0.2) is 4.52 Å². The van der Waals surface area contributed by atoms with Crippen LogP contribution in [0.2, 0.25) is 0 Å². The van der Waals surface area contributed by atoms with Gasteiger partial charge in [0.2, 0.25) is 11.7 Å². The Morgan fingerprint density at radius 1 is 1.29 bits per heavy atom. The van der Waals surface area contributed by atoms with Gasteiger partial charge in [-0.15, -0.1) is 0 Å². The second-order valence-electron chi connectivity index (χ2n) is 6.37. The van der Waals surface area contributed by atoms with Crippen molar-refractivity contribution in [3.8, 4) is 0 Å². The van der Waals surface area contributed by atoms with Crippen LogP contribution in [-0.2, 0) is 16.8 Å². The lowest BCUT2D eigenvalue weighted by Gasteiger charge is -2.31. The number of hydrogen-bond acceptors (Lipinski definition) is 5. The fraction of sp³-hybridized carbons (Fsp3) is 0.875. The molecule has 5 nitrogen and oxygen atoms in total. The summed E-state index contributed by atoms with van der Waals surface area (Å²) >= 11 is 0. The summed E-state index contributed by atoms with van der Waals surface area (Å²) in [5.74, 6) is 1.99. The van der Waals surface area contributed by atoms with Gasteiger partial charge in [0.1, 0.15) is 5.60 Å². The summed E-state index contributed by atoms with van der Waals surface area (Å²) in [6, 6.07) is 0.582. The Balaban J connectivity index is 2.01. The molecule has 1 aromatic rings. The van der Waals surface area contributed by atoms with Crippen LogP contribution in [0, 0.1) is 5.92 Å². The van der Waals surface area contributed by atoms with Gasteiger partial charge in [-0.25, -0.2) is 0 Å². The lowest BCUT2D eigenvalue weighted by atomic mass is 9.82. The molecular formula is C16H29N3O2. The Morgan fingerprint density at radius 2 is 2.05 bits per heavy atom. The number of aromatic nitrogens is 2. The Morgan fingerprint density at radius 3 is 2.76 bits per heavy atom. The Labute approximate surface area is 127 Å². The lowest BCUT2D eigenvalue weighted by Crippen LogP contribution is -2.39. The minimum absolute atomic E-state index is 0.482. The topological polar surface area (TPSA) is 60.2 Å². The van der Waals surface area contributed by atoms with Gasteiger partial charge in [0.25, 0.3) is 0 Å². The minimum atomic E-state index is -0.482. The lowest BCUT2D eigenvalue weighted by molar-refractivity contribution is -0.0221. The molecule has 1 N–H and O–H groups in total. The summed E-state index contributed by atoms with van der Waals surface area (Å²) in [6.07, 6.45) is 5.99. The molecule has 0 bridgehead atoms. The molecule has 0 spiro atoms. The summed E-state index contributed by atoms with van der Waals surface area (Å²) in [6.45, 7) is 9.77. The fourth-order valence-corrected chi connectivity index (χ4v) is 3.21. The smallest absolute Gasteiger partial charge is 0.227 e. The number of rotatable bonds is 7. The SMILES string of the molecule is CCNC1CCCCC1Cc1nc(C(C)(C)OCC)no1. The van der Waals surface area contributed by atoms with E-state index in [-0.39, 0.29) is 0 Å². The maximum atomic E-state index is 5.68. The van der Waals surface area contributed by atoms with Gasteiger partial charge in [0, 0.05) is 19.1 Å². The maximum Gasteiger partial charge on any atom is 0.227 e. The third-order valence-corrected chi connectivity index (χ3v) is 4.32. The predicted octanol–water partition coefficient (Wildman–Crippen LogP) is 3.05. The molecule has 2 unspecified atom stereocenters. The molecular weight excluding hydrogens is 266 g/mol. The number of ether oxygens (including phenoxy) is 1. The third kappa shape index (κ3) is 4.27. The highest BCUT2D eigenvalue weighted by Gasteiger charge is 2.30. The molecule has 5 heteroatoms. The van der Waals surface area contributed by atoms with Crippen molar-refractivity contribution < 1.29 is 9.26 Å². The van der Waals surface area contributed by atoms with Gasteiger partial charge in [-0.2, -0.15) is 4.98 Å². The van der Waals surface area contributed by atoms with Crippen LogP contribution in [-0.4, -0.2) is 29.3 Å². The van der Waals surface area contributed by atoms with E-state index in [2.05, 4.69) is 22.4 Å².